The minimum atomic E-state index is 0.214. The van der Waals surface area contributed by atoms with Crippen molar-refractivity contribution in [3.8, 4) is 5.75 Å². The molecule has 0 unspecified atom stereocenters. The molecule has 1 heterocycles. The number of hydrogen-bond donors (Lipinski definition) is 1. The molecule has 28 heavy (non-hydrogen) atoms. The van der Waals surface area contributed by atoms with E-state index in [-0.39, 0.29) is 5.91 Å². The number of nitrogens with zero attached hydrogens (tertiary/aromatic N) is 3. The smallest absolute Gasteiger partial charge is 0.227 e. The molecule has 0 atom stereocenters. The summed E-state index contributed by atoms with van der Waals surface area (Å²) in [6.45, 7) is 2.80. The number of guanidine groups is 1. The summed E-state index contributed by atoms with van der Waals surface area (Å²) in [6, 6.07) is 17.9. The Morgan fingerprint density at radius 2 is 1.93 bits per heavy atom. The largest absolute Gasteiger partial charge is 0.492 e. The van der Waals surface area contributed by atoms with Gasteiger partial charge in [-0.1, -0.05) is 30.3 Å². The van der Waals surface area contributed by atoms with Crippen LogP contribution in [-0.4, -0.2) is 50.6 Å². The zero-order valence-electron chi connectivity index (χ0n) is 16.6. The van der Waals surface area contributed by atoms with Gasteiger partial charge in [-0.25, -0.2) is 0 Å². The third kappa shape index (κ3) is 5.25. The molecule has 6 nitrogen and oxygen atoms in total. The lowest BCUT2D eigenvalue weighted by atomic mass is 10.2. The molecule has 0 spiro atoms. The lowest BCUT2D eigenvalue weighted by Crippen LogP contribution is -2.40. The molecular formula is C22H28N4O2. The number of aliphatic imine (C=N–C) groups is 1. The van der Waals surface area contributed by atoms with Crippen LogP contribution >= 0.6 is 0 Å². The zero-order valence-corrected chi connectivity index (χ0v) is 16.6. The summed E-state index contributed by atoms with van der Waals surface area (Å²) in [6.07, 6.45) is 1.60. The Bertz CT molecular complexity index is 790. The van der Waals surface area contributed by atoms with Gasteiger partial charge in [0.1, 0.15) is 12.4 Å². The number of benzene rings is 2. The van der Waals surface area contributed by atoms with Crippen LogP contribution in [0.2, 0.25) is 0 Å². The van der Waals surface area contributed by atoms with Gasteiger partial charge < -0.3 is 19.9 Å². The minimum absolute atomic E-state index is 0.214. The Morgan fingerprint density at radius 3 is 2.57 bits per heavy atom. The second kappa shape index (κ2) is 9.78. The van der Waals surface area contributed by atoms with Gasteiger partial charge in [0.25, 0.3) is 0 Å². The van der Waals surface area contributed by atoms with E-state index in [9.17, 15) is 4.79 Å². The summed E-state index contributed by atoms with van der Waals surface area (Å²) in [5.74, 6) is 1.90. The first-order valence-corrected chi connectivity index (χ1v) is 9.66. The second-order valence-electron chi connectivity index (χ2n) is 6.80. The molecule has 0 bridgehead atoms. The van der Waals surface area contributed by atoms with Crippen LogP contribution in [0.25, 0.3) is 0 Å². The first-order valence-electron chi connectivity index (χ1n) is 9.66. The van der Waals surface area contributed by atoms with Gasteiger partial charge in [0.2, 0.25) is 5.91 Å². The normalized spacial score (nSPS) is 14.3. The van der Waals surface area contributed by atoms with Gasteiger partial charge in [0.05, 0.1) is 6.54 Å². The number of ether oxygens (including phenoxy) is 1. The van der Waals surface area contributed by atoms with Gasteiger partial charge >= 0.3 is 0 Å². The number of para-hydroxylation sites is 1. The first-order chi connectivity index (χ1) is 13.7. The van der Waals surface area contributed by atoms with Crippen LogP contribution in [0.1, 0.15) is 18.4 Å². The maximum absolute atomic E-state index is 11.8. The van der Waals surface area contributed by atoms with Crippen LogP contribution in [0.5, 0.6) is 5.75 Å². The molecule has 6 heteroatoms. The molecule has 2 aromatic carbocycles. The highest BCUT2D eigenvalue weighted by atomic mass is 16.5. The van der Waals surface area contributed by atoms with Crippen LogP contribution in [0.3, 0.4) is 0 Å². The molecule has 0 radical (unpaired) electrons. The Morgan fingerprint density at radius 1 is 1.18 bits per heavy atom. The Kier molecular flexibility index (Phi) is 6.89. The quantitative estimate of drug-likeness (QED) is 0.593. The summed E-state index contributed by atoms with van der Waals surface area (Å²) in [5, 5.41) is 3.37. The van der Waals surface area contributed by atoms with E-state index in [1.807, 2.05) is 59.3 Å². The Balaban J connectivity index is 1.46. The number of rotatable bonds is 7. The molecule has 1 fully saturated rings. The zero-order chi connectivity index (χ0) is 19.8. The number of carbonyl (C=O) groups is 1. The molecule has 1 aliphatic heterocycles. The maximum Gasteiger partial charge on any atom is 0.227 e. The topological polar surface area (TPSA) is 57.2 Å². The van der Waals surface area contributed by atoms with E-state index >= 15 is 0 Å². The lowest BCUT2D eigenvalue weighted by molar-refractivity contribution is -0.117. The third-order valence-electron chi connectivity index (χ3n) is 4.78. The summed E-state index contributed by atoms with van der Waals surface area (Å²) in [5.41, 5.74) is 2.12. The van der Waals surface area contributed by atoms with E-state index in [1.54, 1.807) is 7.05 Å². The molecule has 1 N–H and O–H groups in total. The molecule has 148 valence electrons. The third-order valence-corrected chi connectivity index (χ3v) is 4.78. The highest BCUT2D eigenvalue weighted by molar-refractivity contribution is 5.95. The van der Waals surface area contributed by atoms with E-state index in [0.29, 0.717) is 19.6 Å². The fourth-order valence-electron chi connectivity index (χ4n) is 3.20. The van der Waals surface area contributed by atoms with E-state index in [1.165, 1.54) is 0 Å². The average molecular weight is 380 g/mol. The minimum Gasteiger partial charge on any atom is -0.492 e. The van der Waals surface area contributed by atoms with Crippen molar-refractivity contribution < 1.29 is 9.53 Å². The van der Waals surface area contributed by atoms with E-state index in [0.717, 1.165) is 42.5 Å². The van der Waals surface area contributed by atoms with Gasteiger partial charge in [-0.05, 0) is 36.2 Å². The van der Waals surface area contributed by atoms with Crippen molar-refractivity contribution in [2.45, 2.75) is 19.4 Å². The first kappa shape index (κ1) is 19.7. The molecule has 1 amide bonds. The van der Waals surface area contributed by atoms with Crippen molar-refractivity contribution >= 4 is 17.6 Å². The van der Waals surface area contributed by atoms with Crippen molar-refractivity contribution in [3.05, 3.63) is 60.2 Å². The predicted molar refractivity (Wildman–Crippen MR) is 113 cm³/mol. The average Bonchev–Trinajstić information content (AvgIpc) is 3.15. The van der Waals surface area contributed by atoms with Gasteiger partial charge in [0, 0.05) is 39.3 Å². The summed E-state index contributed by atoms with van der Waals surface area (Å²) in [7, 11) is 3.77. The van der Waals surface area contributed by atoms with Crippen LogP contribution < -0.4 is 15.0 Å². The fourth-order valence-corrected chi connectivity index (χ4v) is 3.20. The standard InChI is InChI=1S/C22H28N4O2/c1-23-22(25(2)15-16-28-20-7-4-3-5-8-20)24-17-18-10-12-19(13-11-18)26-14-6-9-21(26)27/h3-5,7-8,10-13H,6,9,14-17H2,1-2H3,(H,23,24). The highest BCUT2D eigenvalue weighted by Crippen LogP contribution is 2.21. The molecule has 0 saturated carbocycles. The fraction of sp³-hybridized carbons (Fsp3) is 0.364. The molecule has 0 aliphatic carbocycles. The van der Waals surface area contributed by atoms with E-state index in [2.05, 4.69) is 22.4 Å². The molecule has 1 saturated heterocycles. The van der Waals surface area contributed by atoms with Crippen molar-refractivity contribution in [3.63, 3.8) is 0 Å². The number of carbonyl (C=O) groups excluding carboxylic acids is 1. The Labute approximate surface area is 166 Å². The van der Waals surface area contributed by atoms with Crippen LogP contribution in [0, 0.1) is 0 Å². The molecule has 2 aromatic rings. The lowest BCUT2D eigenvalue weighted by Gasteiger charge is -2.22. The van der Waals surface area contributed by atoms with Gasteiger partial charge in [-0.15, -0.1) is 0 Å². The molecule has 1 aliphatic rings. The van der Waals surface area contributed by atoms with Gasteiger partial charge in [0.15, 0.2) is 5.96 Å². The van der Waals surface area contributed by atoms with E-state index < -0.39 is 0 Å². The SMILES string of the molecule is CN=C(NCc1ccc(N2CCCC2=O)cc1)N(C)CCOc1ccccc1. The Hall–Kier alpha value is -3.02. The number of anilines is 1. The molecule has 0 aromatic heterocycles. The maximum atomic E-state index is 11.8. The van der Waals surface area contributed by atoms with Crippen LogP contribution in [-0.2, 0) is 11.3 Å². The predicted octanol–water partition coefficient (Wildman–Crippen LogP) is 2.90. The molecular weight excluding hydrogens is 352 g/mol. The van der Waals surface area contributed by atoms with Crippen molar-refractivity contribution in [2.75, 3.05) is 38.7 Å². The van der Waals surface area contributed by atoms with Gasteiger partial charge in [-0.2, -0.15) is 0 Å². The number of nitrogens with one attached hydrogen (secondary N) is 1. The summed E-state index contributed by atoms with van der Waals surface area (Å²) in [4.78, 5) is 20.1. The van der Waals surface area contributed by atoms with E-state index in [4.69, 9.17) is 4.74 Å². The van der Waals surface area contributed by atoms with Crippen LogP contribution in [0.15, 0.2) is 59.6 Å². The number of hydrogen-bond acceptors (Lipinski definition) is 3. The second-order valence-corrected chi connectivity index (χ2v) is 6.80. The number of amides is 1. The monoisotopic (exact) mass is 380 g/mol. The molecule has 3 rings (SSSR count). The van der Waals surface area contributed by atoms with Crippen molar-refractivity contribution in [1.82, 2.24) is 10.2 Å². The highest BCUT2D eigenvalue weighted by Gasteiger charge is 2.21. The summed E-state index contributed by atoms with van der Waals surface area (Å²) >= 11 is 0. The number of likely N-dealkylation sites (N-methyl/N-ethyl adjacent to an activating group) is 1. The van der Waals surface area contributed by atoms with Crippen molar-refractivity contribution in [1.29, 1.82) is 0 Å². The van der Waals surface area contributed by atoms with Gasteiger partial charge in [-0.3, -0.25) is 9.79 Å². The van der Waals surface area contributed by atoms with Crippen LogP contribution in [0.4, 0.5) is 5.69 Å². The van der Waals surface area contributed by atoms with Crippen molar-refractivity contribution in [2.24, 2.45) is 4.99 Å². The summed E-state index contributed by atoms with van der Waals surface area (Å²) < 4.78 is 5.75.